The van der Waals surface area contributed by atoms with Gasteiger partial charge in [0.05, 0.1) is 0 Å². The Morgan fingerprint density at radius 1 is 0.871 bits per heavy atom. The van der Waals surface area contributed by atoms with Crippen molar-refractivity contribution in [2.75, 3.05) is 0 Å². The molecule has 0 aromatic heterocycles. The second-order valence-electron chi connectivity index (χ2n) is 8.43. The number of hydrogen-bond acceptors (Lipinski definition) is 2. The van der Waals surface area contributed by atoms with E-state index in [1.807, 2.05) is 70.2 Å². The molecule has 2 amide bonds. The number of aryl methyl sites for hydroxylation is 2. The Hall–Kier alpha value is -3.14. The fourth-order valence-electron chi connectivity index (χ4n) is 3.85. The Morgan fingerprint density at radius 2 is 1.52 bits per heavy atom. The molecule has 0 bridgehead atoms. The van der Waals surface area contributed by atoms with Gasteiger partial charge in [-0.05, 0) is 61.6 Å². The van der Waals surface area contributed by atoms with Crippen LogP contribution in [-0.4, -0.2) is 28.8 Å². The van der Waals surface area contributed by atoms with Gasteiger partial charge in [-0.15, -0.1) is 0 Å². The molecular formula is C27H32N2O2. The molecule has 0 aliphatic carbocycles. The topological polar surface area (TPSA) is 49.4 Å². The van der Waals surface area contributed by atoms with Crippen LogP contribution in [0, 0.1) is 6.92 Å². The fraction of sp³-hybridized carbons (Fsp3) is 0.333. The van der Waals surface area contributed by atoms with E-state index in [1.165, 1.54) is 10.8 Å². The molecule has 0 aliphatic rings. The molecule has 3 aromatic rings. The summed E-state index contributed by atoms with van der Waals surface area (Å²) in [6.45, 7) is 8.13. The van der Waals surface area contributed by atoms with E-state index in [1.54, 1.807) is 4.90 Å². The summed E-state index contributed by atoms with van der Waals surface area (Å²) < 4.78 is 0. The molecule has 0 fully saturated rings. The van der Waals surface area contributed by atoms with Crippen LogP contribution in [0.25, 0.3) is 10.8 Å². The van der Waals surface area contributed by atoms with Crippen molar-refractivity contribution in [1.29, 1.82) is 0 Å². The van der Waals surface area contributed by atoms with Crippen LogP contribution in [0.2, 0.25) is 0 Å². The van der Waals surface area contributed by atoms with Crippen LogP contribution in [0.3, 0.4) is 0 Å². The van der Waals surface area contributed by atoms with Gasteiger partial charge in [0.2, 0.25) is 11.8 Å². The molecule has 3 rings (SSSR count). The van der Waals surface area contributed by atoms with Gasteiger partial charge >= 0.3 is 0 Å². The molecular weight excluding hydrogens is 384 g/mol. The lowest BCUT2D eigenvalue weighted by molar-refractivity contribution is -0.140. The molecule has 4 nitrogen and oxygen atoms in total. The van der Waals surface area contributed by atoms with Gasteiger partial charge in [0.25, 0.3) is 0 Å². The second kappa shape index (κ2) is 10.3. The van der Waals surface area contributed by atoms with Crippen LogP contribution in [0.4, 0.5) is 0 Å². The van der Waals surface area contributed by atoms with E-state index < -0.39 is 6.04 Å². The summed E-state index contributed by atoms with van der Waals surface area (Å²) in [5.74, 6) is -0.135. The molecule has 0 spiro atoms. The van der Waals surface area contributed by atoms with Gasteiger partial charge in [-0.2, -0.15) is 0 Å². The molecule has 0 unspecified atom stereocenters. The summed E-state index contributed by atoms with van der Waals surface area (Å²) in [6.07, 6.45) is 1.00. The standard InChI is InChI=1S/C27H32N2O2/c1-19(2)28-27(31)21(4)29(18-24-12-6-5-10-20(24)3)26(30)17-16-23-14-9-13-22-11-7-8-15-25(22)23/h5-15,19,21H,16-18H2,1-4H3,(H,28,31)/t21-/m1/s1. The highest BCUT2D eigenvalue weighted by atomic mass is 16.2. The van der Waals surface area contributed by atoms with Crippen molar-refractivity contribution in [3.8, 4) is 0 Å². The lowest BCUT2D eigenvalue weighted by atomic mass is 10.00. The zero-order valence-corrected chi connectivity index (χ0v) is 18.9. The van der Waals surface area contributed by atoms with Gasteiger partial charge in [0.15, 0.2) is 0 Å². The highest BCUT2D eigenvalue weighted by Crippen LogP contribution is 2.21. The second-order valence-corrected chi connectivity index (χ2v) is 8.43. The molecule has 0 aliphatic heterocycles. The van der Waals surface area contributed by atoms with Crippen molar-refractivity contribution in [3.05, 3.63) is 83.4 Å². The van der Waals surface area contributed by atoms with E-state index in [0.717, 1.165) is 16.7 Å². The fourth-order valence-corrected chi connectivity index (χ4v) is 3.85. The van der Waals surface area contributed by atoms with E-state index in [9.17, 15) is 9.59 Å². The smallest absolute Gasteiger partial charge is 0.242 e. The van der Waals surface area contributed by atoms with Gasteiger partial charge in [0.1, 0.15) is 6.04 Å². The molecule has 0 heterocycles. The molecule has 0 saturated heterocycles. The van der Waals surface area contributed by atoms with Crippen molar-refractivity contribution in [2.24, 2.45) is 0 Å². The van der Waals surface area contributed by atoms with Crippen LogP contribution in [0.5, 0.6) is 0 Å². The van der Waals surface area contributed by atoms with E-state index >= 15 is 0 Å². The molecule has 3 aromatic carbocycles. The van der Waals surface area contributed by atoms with Crippen LogP contribution in [0.1, 0.15) is 43.9 Å². The number of carbonyl (C=O) groups is 2. The summed E-state index contributed by atoms with van der Waals surface area (Å²) in [7, 11) is 0. The summed E-state index contributed by atoms with van der Waals surface area (Å²) in [5.41, 5.74) is 3.33. The molecule has 0 saturated carbocycles. The summed E-state index contributed by atoms with van der Waals surface area (Å²) in [5, 5.41) is 5.29. The number of amides is 2. The monoisotopic (exact) mass is 416 g/mol. The van der Waals surface area contributed by atoms with Crippen molar-refractivity contribution in [2.45, 2.75) is 59.2 Å². The first-order valence-corrected chi connectivity index (χ1v) is 11.0. The van der Waals surface area contributed by atoms with Crippen LogP contribution in [0.15, 0.2) is 66.7 Å². The third-order valence-corrected chi connectivity index (χ3v) is 5.69. The summed E-state index contributed by atoms with van der Waals surface area (Å²) in [6, 6.07) is 21.9. The van der Waals surface area contributed by atoms with Crippen molar-refractivity contribution in [3.63, 3.8) is 0 Å². The Morgan fingerprint density at radius 3 is 2.26 bits per heavy atom. The number of carbonyl (C=O) groups excluding carboxylic acids is 2. The predicted molar refractivity (Wildman–Crippen MR) is 127 cm³/mol. The Labute approximate surface area is 185 Å². The zero-order chi connectivity index (χ0) is 22.4. The first-order valence-electron chi connectivity index (χ1n) is 11.0. The normalized spacial score (nSPS) is 12.0. The van der Waals surface area contributed by atoms with E-state index in [0.29, 0.717) is 19.4 Å². The maximum Gasteiger partial charge on any atom is 0.242 e. The molecule has 0 radical (unpaired) electrons. The minimum Gasteiger partial charge on any atom is -0.352 e. The number of benzene rings is 3. The van der Waals surface area contributed by atoms with Crippen LogP contribution >= 0.6 is 0 Å². The largest absolute Gasteiger partial charge is 0.352 e. The van der Waals surface area contributed by atoms with Gasteiger partial charge in [0, 0.05) is 19.0 Å². The lowest BCUT2D eigenvalue weighted by Crippen LogP contribution is -2.49. The molecule has 1 atom stereocenters. The van der Waals surface area contributed by atoms with E-state index in [4.69, 9.17) is 0 Å². The number of rotatable bonds is 8. The Bertz CT molecular complexity index is 1050. The maximum absolute atomic E-state index is 13.3. The number of fused-ring (bicyclic) bond motifs is 1. The average Bonchev–Trinajstić information content (AvgIpc) is 2.76. The molecule has 31 heavy (non-hydrogen) atoms. The quantitative estimate of drug-likeness (QED) is 0.560. The number of nitrogens with one attached hydrogen (secondary N) is 1. The number of hydrogen-bond donors (Lipinski definition) is 1. The third-order valence-electron chi connectivity index (χ3n) is 5.69. The lowest BCUT2D eigenvalue weighted by Gasteiger charge is -2.30. The van der Waals surface area contributed by atoms with Gasteiger partial charge in [-0.1, -0.05) is 66.7 Å². The molecule has 4 heteroatoms. The van der Waals surface area contributed by atoms with Crippen molar-refractivity contribution in [1.82, 2.24) is 10.2 Å². The number of nitrogens with zero attached hydrogens (tertiary/aromatic N) is 1. The van der Waals surface area contributed by atoms with Crippen molar-refractivity contribution < 1.29 is 9.59 Å². The first-order chi connectivity index (χ1) is 14.9. The van der Waals surface area contributed by atoms with Gasteiger partial charge in [-0.25, -0.2) is 0 Å². The molecule has 162 valence electrons. The van der Waals surface area contributed by atoms with Gasteiger partial charge in [-0.3, -0.25) is 9.59 Å². The Balaban J connectivity index is 1.81. The minimum atomic E-state index is -0.540. The SMILES string of the molecule is Cc1ccccc1CN(C(=O)CCc1cccc2ccccc12)[C@H](C)C(=O)NC(C)C. The predicted octanol–water partition coefficient (Wildman–Crippen LogP) is 5.02. The minimum absolute atomic E-state index is 0.0115. The summed E-state index contributed by atoms with van der Waals surface area (Å²) in [4.78, 5) is 27.8. The van der Waals surface area contributed by atoms with Crippen LogP contribution < -0.4 is 5.32 Å². The third kappa shape index (κ3) is 5.72. The Kier molecular flexibility index (Phi) is 7.45. The van der Waals surface area contributed by atoms with Gasteiger partial charge < -0.3 is 10.2 Å². The van der Waals surface area contributed by atoms with Crippen molar-refractivity contribution >= 4 is 22.6 Å². The highest BCUT2D eigenvalue weighted by Gasteiger charge is 2.26. The van der Waals surface area contributed by atoms with Crippen LogP contribution in [-0.2, 0) is 22.6 Å². The summed E-state index contributed by atoms with van der Waals surface area (Å²) >= 11 is 0. The average molecular weight is 417 g/mol. The maximum atomic E-state index is 13.3. The van der Waals surface area contributed by atoms with E-state index in [-0.39, 0.29) is 17.9 Å². The molecule has 1 N–H and O–H groups in total. The zero-order valence-electron chi connectivity index (χ0n) is 18.9. The van der Waals surface area contributed by atoms with E-state index in [2.05, 4.69) is 29.6 Å². The highest BCUT2D eigenvalue weighted by molar-refractivity contribution is 5.89. The first kappa shape index (κ1) is 22.5.